The Morgan fingerprint density at radius 3 is 3.12 bits per heavy atom. The van der Waals surface area contributed by atoms with Gasteiger partial charge in [-0.2, -0.15) is 11.8 Å². The van der Waals surface area contributed by atoms with Gasteiger partial charge in [0.1, 0.15) is 11.6 Å². The third kappa shape index (κ3) is 6.13. The van der Waals surface area contributed by atoms with Crippen LogP contribution < -0.4 is 11.1 Å². The van der Waals surface area contributed by atoms with Crippen LogP contribution in [0.4, 0.5) is 11.6 Å². The molecule has 0 saturated carbocycles. The van der Waals surface area contributed by atoms with Gasteiger partial charge in [0.2, 0.25) is 5.91 Å². The van der Waals surface area contributed by atoms with Crippen molar-refractivity contribution in [3.05, 3.63) is 18.2 Å². The zero-order chi connectivity index (χ0) is 12.5. The number of amides is 1. The summed E-state index contributed by atoms with van der Waals surface area (Å²) in [5, 5.41) is 2.69. The molecule has 17 heavy (non-hydrogen) atoms. The van der Waals surface area contributed by atoms with Gasteiger partial charge in [0.05, 0.1) is 5.75 Å². The number of carbonyl (C=O) groups is 1. The van der Waals surface area contributed by atoms with Crippen molar-refractivity contribution in [1.82, 2.24) is 4.98 Å². The number of methoxy groups -OCH3 is 1. The molecule has 0 fully saturated rings. The molecular weight excluding hydrogens is 238 g/mol. The van der Waals surface area contributed by atoms with Crippen LogP contribution in [0.2, 0.25) is 0 Å². The Bertz CT molecular complexity index is 360. The number of anilines is 2. The van der Waals surface area contributed by atoms with Gasteiger partial charge in [-0.3, -0.25) is 4.79 Å². The second kappa shape index (κ2) is 7.92. The summed E-state index contributed by atoms with van der Waals surface area (Å²) in [5.41, 5.74) is 5.51. The number of aromatic nitrogens is 1. The van der Waals surface area contributed by atoms with E-state index >= 15 is 0 Å². The number of nitrogens with zero attached hydrogens (tertiary/aromatic N) is 1. The van der Waals surface area contributed by atoms with Crippen LogP contribution in [0.3, 0.4) is 0 Å². The van der Waals surface area contributed by atoms with Gasteiger partial charge in [-0.25, -0.2) is 4.98 Å². The molecule has 0 unspecified atom stereocenters. The molecule has 94 valence electrons. The molecule has 6 heteroatoms. The fourth-order valence-corrected chi connectivity index (χ4v) is 1.89. The van der Waals surface area contributed by atoms with Crippen molar-refractivity contribution in [3.63, 3.8) is 0 Å². The lowest BCUT2D eigenvalue weighted by Crippen LogP contribution is -2.15. The average molecular weight is 255 g/mol. The van der Waals surface area contributed by atoms with Crippen molar-refractivity contribution >= 4 is 29.3 Å². The van der Waals surface area contributed by atoms with E-state index in [1.165, 1.54) is 0 Å². The zero-order valence-electron chi connectivity index (χ0n) is 9.81. The second-order valence-corrected chi connectivity index (χ2v) is 4.50. The van der Waals surface area contributed by atoms with E-state index in [1.54, 1.807) is 37.1 Å². The zero-order valence-corrected chi connectivity index (χ0v) is 10.6. The highest BCUT2D eigenvalue weighted by Gasteiger charge is 2.03. The molecule has 0 aliphatic rings. The number of nitrogens with two attached hydrogens (primary N) is 1. The maximum atomic E-state index is 11.5. The summed E-state index contributed by atoms with van der Waals surface area (Å²) in [6.45, 7) is 0.728. The Labute approximate surface area is 105 Å². The van der Waals surface area contributed by atoms with Gasteiger partial charge in [-0.1, -0.05) is 6.07 Å². The summed E-state index contributed by atoms with van der Waals surface area (Å²) >= 11 is 1.57. The molecule has 0 aliphatic heterocycles. The van der Waals surface area contributed by atoms with Crippen LogP contribution in [0.1, 0.15) is 6.42 Å². The molecule has 1 aromatic heterocycles. The predicted octanol–water partition coefficient (Wildman–Crippen LogP) is 1.37. The van der Waals surface area contributed by atoms with E-state index in [0.717, 1.165) is 18.8 Å². The lowest BCUT2D eigenvalue weighted by molar-refractivity contribution is -0.113. The van der Waals surface area contributed by atoms with Crippen LogP contribution in [-0.4, -0.2) is 36.1 Å². The molecule has 3 N–H and O–H groups in total. The molecule has 1 aromatic rings. The molecule has 0 radical (unpaired) electrons. The number of nitrogen functional groups attached to an aromatic ring is 1. The van der Waals surface area contributed by atoms with Crippen LogP contribution in [0.5, 0.6) is 0 Å². The summed E-state index contributed by atoms with van der Waals surface area (Å²) in [7, 11) is 1.67. The number of pyridine rings is 1. The van der Waals surface area contributed by atoms with Crippen molar-refractivity contribution in [2.75, 3.05) is 36.3 Å². The SMILES string of the molecule is COCCCSCC(=O)Nc1cccc(N)n1. The van der Waals surface area contributed by atoms with Crippen molar-refractivity contribution in [3.8, 4) is 0 Å². The van der Waals surface area contributed by atoms with Gasteiger partial charge in [-0.15, -0.1) is 0 Å². The Hall–Kier alpha value is -1.27. The number of rotatable bonds is 7. The number of ether oxygens (including phenoxy) is 1. The summed E-state index contributed by atoms with van der Waals surface area (Å²) in [4.78, 5) is 15.5. The fraction of sp³-hybridized carbons (Fsp3) is 0.455. The third-order valence-corrected chi connectivity index (χ3v) is 2.95. The fourth-order valence-electron chi connectivity index (χ4n) is 1.17. The van der Waals surface area contributed by atoms with E-state index < -0.39 is 0 Å². The monoisotopic (exact) mass is 255 g/mol. The van der Waals surface area contributed by atoms with Crippen molar-refractivity contribution in [1.29, 1.82) is 0 Å². The van der Waals surface area contributed by atoms with Gasteiger partial charge < -0.3 is 15.8 Å². The van der Waals surface area contributed by atoms with Crippen LogP contribution in [0, 0.1) is 0 Å². The van der Waals surface area contributed by atoms with Crippen LogP contribution in [-0.2, 0) is 9.53 Å². The highest BCUT2D eigenvalue weighted by atomic mass is 32.2. The molecule has 0 aliphatic carbocycles. The minimum absolute atomic E-state index is 0.0643. The predicted molar refractivity (Wildman–Crippen MR) is 71.1 cm³/mol. The summed E-state index contributed by atoms with van der Waals surface area (Å²) in [6.07, 6.45) is 0.949. The molecule has 1 heterocycles. The van der Waals surface area contributed by atoms with Crippen molar-refractivity contribution < 1.29 is 9.53 Å². The van der Waals surface area contributed by atoms with E-state index in [9.17, 15) is 4.79 Å². The van der Waals surface area contributed by atoms with Crippen LogP contribution in [0.25, 0.3) is 0 Å². The molecule has 0 spiro atoms. The molecule has 0 saturated heterocycles. The van der Waals surface area contributed by atoms with Crippen molar-refractivity contribution in [2.24, 2.45) is 0 Å². The first-order valence-electron chi connectivity index (χ1n) is 5.31. The summed E-state index contributed by atoms with van der Waals surface area (Å²) in [5.74, 6) is 2.15. The van der Waals surface area contributed by atoms with E-state index in [-0.39, 0.29) is 5.91 Å². The van der Waals surface area contributed by atoms with E-state index in [2.05, 4.69) is 10.3 Å². The largest absolute Gasteiger partial charge is 0.385 e. The number of carbonyl (C=O) groups excluding carboxylic acids is 1. The first-order chi connectivity index (χ1) is 8.22. The lowest BCUT2D eigenvalue weighted by atomic mass is 10.4. The maximum absolute atomic E-state index is 11.5. The number of thioether (sulfide) groups is 1. The van der Waals surface area contributed by atoms with E-state index in [1.807, 2.05) is 0 Å². The number of hydrogen-bond donors (Lipinski definition) is 2. The quantitative estimate of drug-likeness (QED) is 0.720. The Morgan fingerprint density at radius 2 is 2.41 bits per heavy atom. The molecular formula is C11H17N3O2S. The first-order valence-corrected chi connectivity index (χ1v) is 6.47. The number of nitrogens with one attached hydrogen (secondary N) is 1. The van der Waals surface area contributed by atoms with Crippen LogP contribution >= 0.6 is 11.8 Å². The first kappa shape index (κ1) is 13.8. The van der Waals surface area contributed by atoms with E-state index in [4.69, 9.17) is 10.5 Å². The molecule has 0 aromatic carbocycles. The van der Waals surface area contributed by atoms with Crippen LogP contribution in [0.15, 0.2) is 18.2 Å². The molecule has 1 rings (SSSR count). The van der Waals surface area contributed by atoms with Gasteiger partial charge in [0, 0.05) is 13.7 Å². The lowest BCUT2D eigenvalue weighted by Gasteiger charge is -2.04. The van der Waals surface area contributed by atoms with E-state index in [0.29, 0.717) is 17.4 Å². The minimum Gasteiger partial charge on any atom is -0.385 e. The van der Waals surface area contributed by atoms with Gasteiger partial charge in [-0.05, 0) is 24.3 Å². The number of hydrogen-bond acceptors (Lipinski definition) is 5. The third-order valence-electron chi connectivity index (χ3n) is 1.91. The Balaban J connectivity index is 2.21. The van der Waals surface area contributed by atoms with Gasteiger partial charge >= 0.3 is 0 Å². The molecule has 1 amide bonds. The smallest absolute Gasteiger partial charge is 0.235 e. The summed E-state index contributed by atoms with van der Waals surface area (Å²) < 4.78 is 4.92. The van der Waals surface area contributed by atoms with Crippen molar-refractivity contribution in [2.45, 2.75) is 6.42 Å². The van der Waals surface area contributed by atoms with Gasteiger partial charge in [0.25, 0.3) is 0 Å². The highest BCUT2D eigenvalue weighted by molar-refractivity contribution is 7.99. The normalized spacial score (nSPS) is 10.2. The maximum Gasteiger partial charge on any atom is 0.235 e. The highest BCUT2D eigenvalue weighted by Crippen LogP contribution is 2.08. The molecule has 0 bridgehead atoms. The topological polar surface area (TPSA) is 77.2 Å². The Morgan fingerprint density at radius 1 is 1.59 bits per heavy atom. The van der Waals surface area contributed by atoms with Gasteiger partial charge in [0.15, 0.2) is 0 Å². The summed E-state index contributed by atoms with van der Waals surface area (Å²) in [6, 6.07) is 5.14. The molecule has 0 atom stereocenters. The Kier molecular flexibility index (Phi) is 6.42. The average Bonchev–Trinajstić information content (AvgIpc) is 2.29. The molecule has 5 nitrogen and oxygen atoms in total. The minimum atomic E-state index is -0.0643. The second-order valence-electron chi connectivity index (χ2n) is 3.39. The standard InChI is InChI=1S/C11H17N3O2S/c1-16-6-3-7-17-8-11(15)14-10-5-2-4-9(12)13-10/h2,4-5H,3,6-8H2,1H3,(H3,12,13,14,15).